The van der Waals surface area contributed by atoms with Gasteiger partial charge in [0.2, 0.25) is 0 Å². The molecule has 1 aliphatic carbocycles. The number of thiophene rings is 1. The highest BCUT2D eigenvalue weighted by Crippen LogP contribution is 2.57. The minimum Gasteiger partial charge on any atom is -0.383 e. The van der Waals surface area contributed by atoms with E-state index in [-0.39, 0.29) is 23.0 Å². The number of halogens is 7. The van der Waals surface area contributed by atoms with Crippen LogP contribution in [0.1, 0.15) is 63.0 Å². The number of carbonyl (C=O) groups excluding carboxylic acids is 1. The van der Waals surface area contributed by atoms with Crippen LogP contribution in [0, 0.1) is 5.82 Å². The molecule has 262 valence electrons. The van der Waals surface area contributed by atoms with Gasteiger partial charge in [-0.1, -0.05) is 74.5 Å². The molecule has 0 radical (unpaired) electrons. The van der Waals surface area contributed by atoms with Crippen LogP contribution < -0.4 is 4.90 Å². The van der Waals surface area contributed by atoms with Crippen molar-refractivity contribution in [3.8, 4) is 11.1 Å². The third kappa shape index (κ3) is 5.25. The van der Waals surface area contributed by atoms with Crippen LogP contribution in [-0.2, 0) is 17.8 Å². The Bertz CT molecular complexity index is 2490. The Balaban J connectivity index is 1.35. The zero-order valence-corrected chi connectivity index (χ0v) is 28.1. The van der Waals surface area contributed by atoms with Gasteiger partial charge in [0, 0.05) is 32.2 Å². The molecule has 8 rings (SSSR count). The number of rotatable bonds is 3. The van der Waals surface area contributed by atoms with Crippen LogP contribution in [0.2, 0.25) is 0 Å². The van der Waals surface area contributed by atoms with Gasteiger partial charge in [0.25, 0.3) is 0 Å². The average molecular weight is 730 g/mol. The molecule has 5 aromatic carbocycles. The van der Waals surface area contributed by atoms with Crippen molar-refractivity contribution in [3.63, 3.8) is 0 Å². The van der Waals surface area contributed by atoms with Crippen LogP contribution in [-0.4, -0.2) is 10.9 Å². The van der Waals surface area contributed by atoms with Crippen molar-refractivity contribution < 1.29 is 40.6 Å². The summed E-state index contributed by atoms with van der Waals surface area (Å²) in [5.74, 6) is -0.751. The minimum absolute atomic E-state index is 0.0650. The van der Waals surface area contributed by atoms with Crippen molar-refractivity contribution in [2.24, 2.45) is 0 Å². The van der Waals surface area contributed by atoms with Crippen molar-refractivity contribution in [1.29, 1.82) is 0 Å². The van der Waals surface area contributed by atoms with Crippen molar-refractivity contribution in [1.82, 2.24) is 0 Å². The topological polar surface area (TPSA) is 40.5 Å². The fraction of sp³-hybridized carbons (Fsp3) is 0.146. The number of fused-ring (bicyclic) bond motifs is 4. The van der Waals surface area contributed by atoms with Gasteiger partial charge in [-0.2, -0.15) is 26.3 Å². The van der Waals surface area contributed by atoms with Crippen molar-refractivity contribution in [2.45, 2.75) is 37.7 Å². The first kappa shape index (κ1) is 33.9. The zero-order chi connectivity index (χ0) is 36.9. The lowest BCUT2D eigenvalue weighted by molar-refractivity contribution is -0.142. The van der Waals surface area contributed by atoms with E-state index in [4.69, 9.17) is 0 Å². The Hall–Kier alpha value is -5.26. The lowest BCUT2D eigenvalue weighted by Gasteiger charge is -2.40. The second kappa shape index (κ2) is 11.6. The smallest absolute Gasteiger partial charge is 0.383 e. The van der Waals surface area contributed by atoms with E-state index >= 15 is 4.39 Å². The fourth-order valence-electron chi connectivity index (χ4n) is 7.31. The molecule has 2 heterocycles. The lowest BCUT2D eigenvalue weighted by Crippen LogP contribution is -2.29. The summed E-state index contributed by atoms with van der Waals surface area (Å²) in [6, 6.07) is 24.8. The van der Waals surface area contributed by atoms with E-state index in [1.54, 1.807) is 72.8 Å². The predicted octanol–water partition coefficient (Wildman–Crippen LogP) is 12.2. The monoisotopic (exact) mass is 729 g/mol. The fourth-order valence-corrected chi connectivity index (χ4v) is 8.61. The highest BCUT2D eigenvalue weighted by Gasteiger charge is 2.42. The summed E-state index contributed by atoms with van der Waals surface area (Å²) in [4.78, 5) is 15.9. The van der Waals surface area contributed by atoms with Crippen molar-refractivity contribution in [3.05, 3.63) is 153 Å². The molecular formula is C41H26F7NO2S. The van der Waals surface area contributed by atoms with Crippen LogP contribution in [0.25, 0.3) is 28.0 Å². The number of ketones is 1. The second-order valence-corrected chi connectivity index (χ2v) is 14.4. The molecule has 1 aliphatic heterocycles. The Kier molecular flexibility index (Phi) is 7.57. The normalized spacial score (nSPS) is 17.4. The number of nitrogens with zero attached hydrogens (tertiary/aromatic N) is 1. The standard InChI is InChI=1S/C41H26F7NO2S/c1-39(2)31-17-21(24-13-12-22(40(43,44)45)18-30(24)41(46,47)48)11-15-35(31)49(34-16-14-33(42)25-7-3-4-8-26(25)34)38-32(39)20-23(52-38)19-29-36(50)27-9-5-6-10-28(27)37(29)51/h3-20,36,50H,1-2H3/b29-19+. The molecule has 1 unspecified atom stereocenters. The SMILES string of the molecule is CC1(C)c2cc(-c3ccc(C(F)(F)F)cc3C(F)(F)F)ccc2N(c2ccc(F)c3ccccc23)c2sc(/C=C3/C(=O)c4ccccc4C3O)cc21. The average Bonchev–Trinajstić information content (AvgIpc) is 3.64. The molecule has 6 aromatic rings. The highest BCUT2D eigenvalue weighted by atomic mass is 32.1. The number of benzene rings is 5. The second-order valence-electron chi connectivity index (χ2n) is 13.3. The first-order chi connectivity index (χ1) is 24.6. The Morgan fingerprint density at radius 3 is 2.15 bits per heavy atom. The van der Waals surface area contributed by atoms with Crippen LogP contribution in [0.4, 0.5) is 47.1 Å². The van der Waals surface area contributed by atoms with Crippen LogP contribution >= 0.6 is 11.3 Å². The first-order valence-corrected chi connectivity index (χ1v) is 17.0. The van der Waals surface area contributed by atoms with E-state index in [0.29, 0.717) is 54.8 Å². The molecule has 11 heteroatoms. The first-order valence-electron chi connectivity index (χ1n) is 16.1. The van der Waals surface area contributed by atoms with E-state index in [1.165, 1.54) is 23.5 Å². The summed E-state index contributed by atoms with van der Waals surface area (Å²) in [7, 11) is 0. The van der Waals surface area contributed by atoms with E-state index in [2.05, 4.69) is 0 Å². The van der Waals surface area contributed by atoms with Gasteiger partial charge in [0.05, 0.1) is 22.5 Å². The lowest BCUT2D eigenvalue weighted by atomic mass is 9.74. The maximum absolute atomic E-state index is 15.1. The Labute approximate surface area is 296 Å². The van der Waals surface area contributed by atoms with E-state index in [9.17, 15) is 36.2 Å². The number of aliphatic hydroxyl groups is 1. The molecule has 52 heavy (non-hydrogen) atoms. The Morgan fingerprint density at radius 1 is 0.750 bits per heavy atom. The van der Waals surface area contributed by atoms with E-state index < -0.39 is 46.4 Å². The number of alkyl halides is 6. The van der Waals surface area contributed by atoms with Gasteiger partial charge in [0.15, 0.2) is 5.78 Å². The maximum atomic E-state index is 15.1. The van der Waals surface area contributed by atoms with Crippen molar-refractivity contribution in [2.75, 3.05) is 4.90 Å². The zero-order valence-electron chi connectivity index (χ0n) is 27.3. The van der Waals surface area contributed by atoms with Gasteiger partial charge in [-0.15, -0.1) is 11.3 Å². The molecule has 0 saturated heterocycles. The van der Waals surface area contributed by atoms with Gasteiger partial charge in [-0.3, -0.25) is 4.79 Å². The van der Waals surface area contributed by atoms with Crippen LogP contribution in [0.5, 0.6) is 0 Å². The molecule has 0 spiro atoms. The van der Waals surface area contributed by atoms with Gasteiger partial charge in [-0.05, 0) is 76.4 Å². The number of hydrogen-bond donors (Lipinski definition) is 1. The molecule has 0 bridgehead atoms. The Morgan fingerprint density at radius 2 is 1.44 bits per heavy atom. The molecular weight excluding hydrogens is 704 g/mol. The maximum Gasteiger partial charge on any atom is 0.417 e. The third-order valence-corrected chi connectivity index (χ3v) is 11.0. The highest BCUT2D eigenvalue weighted by molar-refractivity contribution is 7.17. The number of Topliss-reactive ketones (excluding diaryl/α,β-unsaturated/α-hetero) is 1. The predicted molar refractivity (Wildman–Crippen MR) is 188 cm³/mol. The molecule has 0 amide bonds. The van der Waals surface area contributed by atoms with E-state index in [0.717, 1.165) is 11.6 Å². The largest absolute Gasteiger partial charge is 0.417 e. The summed E-state index contributed by atoms with van der Waals surface area (Å²) in [6.07, 6.45) is -9.55. The minimum atomic E-state index is -5.08. The summed E-state index contributed by atoms with van der Waals surface area (Å²) in [5, 5.41) is 12.7. The van der Waals surface area contributed by atoms with Gasteiger partial charge < -0.3 is 10.0 Å². The molecule has 3 nitrogen and oxygen atoms in total. The van der Waals surface area contributed by atoms with Crippen LogP contribution in [0.15, 0.2) is 109 Å². The molecule has 1 aromatic heterocycles. The van der Waals surface area contributed by atoms with Crippen molar-refractivity contribution >= 4 is 50.3 Å². The summed E-state index contributed by atoms with van der Waals surface area (Å²) < 4.78 is 98.6. The summed E-state index contributed by atoms with van der Waals surface area (Å²) >= 11 is 1.33. The van der Waals surface area contributed by atoms with Gasteiger partial charge in [0.1, 0.15) is 16.9 Å². The number of hydrogen-bond acceptors (Lipinski definition) is 4. The van der Waals surface area contributed by atoms with Gasteiger partial charge in [-0.25, -0.2) is 4.39 Å². The number of aliphatic hydroxyl groups excluding tert-OH is 1. The molecule has 2 aliphatic rings. The molecule has 1 N–H and O–H groups in total. The number of anilines is 3. The van der Waals surface area contributed by atoms with Gasteiger partial charge >= 0.3 is 12.4 Å². The third-order valence-electron chi connectivity index (χ3n) is 9.93. The summed E-state index contributed by atoms with van der Waals surface area (Å²) in [5.41, 5.74) is -0.485. The molecule has 0 fully saturated rings. The molecule has 0 saturated carbocycles. The molecule has 1 atom stereocenters. The summed E-state index contributed by atoms with van der Waals surface area (Å²) in [6.45, 7) is 3.78. The van der Waals surface area contributed by atoms with E-state index in [1.807, 2.05) is 24.8 Å². The number of carbonyl (C=O) groups is 1. The van der Waals surface area contributed by atoms with Crippen LogP contribution in [0.3, 0.4) is 0 Å². The quantitative estimate of drug-likeness (QED) is 0.146.